The fraction of sp³-hybridized carbons (Fsp3) is 0.652. The van der Waals surface area contributed by atoms with E-state index in [0.29, 0.717) is 12.0 Å². The lowest BCUT2D eigenvalue weighted by atomic mass is 9.48. The molecule has 2 N–H and O–H groups in total. The van der Waals surface area contributed by atoms with Crippen LogP contribution in [0.15, 0.2) is 24.3 Å². The number of nitrogens with one attached hydrogen (secondary N) is 1. The van der Waals surface area contributed by atoms with Crippen LogP contribution in [0.2, 0.25) is 0 Å². The highest BCUT2D eigenvalue weighted by atomic mass is 16.6. The van der Waals surface area contributed by atoms with Crippen LogP contribution >= 0.6 is 0 Å². The zero-order valence-electron chi connectivity index (χ0n) is 16.9. The van der Waals surface area contributed by atoms with Gasteiger partial charge >= 0.3 is 12.1 Å². The number of amides is 1. The Labute approximate surface area is 166 Å². The highest BCUT2D eigenvalue weighted by Crippen LogP contribution is 2.62. The van der Waals surface area contributed by atoms with E-state index in [1.807, 2.05) is 13.8 Å². The second-order valence-corrected chi connectivity index (χ2v) is 10.1. The number of alkyl carbamates (subject to hydrolysis) is 1. The third-order valence-corrected chi connectivity index (χ3v) is 6.97. The van der Waals surface area contributed by atoms with Gasteiger partial charge in [-0.1, -0.05) is 12.1 Å². The van der Waals surface area contributed by atoms with Gasteiger partial charge in [-0.3, -0.25) is 0 Å². The number of rotatable bonds is 6. The minimum atomic E-state index is -0.953. The highest BCUT2D eigenvalue weighted by molar-refractivity contribution is 5.87. The van der Waals surface area contributed by atoms with Crippen LogP contribution in [-0.2, 0) is 11.3 Å². The Morgan fingerprint density at radius 1 is 1.07 bits per heavy atom. The van der Waals surface area contributed by atoms with Crippen molar-refractivity contribution in [1.82, 2.24) is 5.32 Å². The first-order chi connectivity index (χ1) is 13.2. The first kappa shape index (κ1) is 19.3. The van der Waals surface area contributed by atoms with Crippen molar-refractivity contribution in [2.45, 2.75) is 70.9 Å². The van der Waals surface area contributed by atoms with Crippen molar-refractivity contribution in [3.05, 3.63) is 35.4 Å². The smallest absolute Gasteiger partial charge is 0.407 e. The van der Waals surface area contributed by atoms with Gasteiger partial charge in [0.2, 0.25) is 0 Å². The van der Waals surface area contributed by atoms with Crippen molar-refractivity contribution in [1.29, 1.82) is 0 Å². The summed E-state index contributed by atoms with van der Waals surface area (Å²) in [7, 11) is 0. The molecule has 0 aromatic heterocycles. The van der Waals surface area contributed by atoms with Crippen molar-refractivity contribution in [3.63, 3.8) is 0 Å². The van der Waals surface area contributed by atoms with Crippen LogP contribution in [-0.4, -0.2) is 22.8 Å². The number of carbonyl (C=O) groups is 2. The van der Waals surface area contributed by atoms with Crippen LogP contribution in [0, 0.1) is 23.2 Å². The van der Waals surface area contributed by atoms with Gasteiger partial charge < -0.3 is 15.2 Å². The van der Waals surface area contributed by atoms with Crippen molar-refractivity contribution in [3.8, 4) is 0 Å². The Balaban J connectivity index is 1.30. The number of aromatic carboxylic acids is 1. The lowest BCUT2D eigenvalue weighted by Crippen LogP contribution is -2.49. The molecule has 1 aromatic carbocycles. The highest BCUT2D eigenvalue weighted by Gasteiger charge is 2.52. The molecule has 0 saturated heterocycles. The third-order valence-electron chi connectivity index (χ3n) is 6.97. The van der Waals surface area contributed by atoms with Crippen LogP contribution in [0.4, 0.5) is 4.79 Å². The number of carbonyl (C=O) groups excluding carboxylic acids is 1. The number of ether oxygens (including phenoxy) is 1. The van der Waals surface area contributed by atoms with Crippen LogP contribution in [0.1, 0.15) is 74.7 Å². The normalized spacial score (nSPS) is 30.9. The van der Waals surface area contributed by atoms with Crippen LogP contribution < -0.4 is 5.32 Å². The molecule has 28 heavy (non-hydrogen) atoms. The van der Waals surface area contributed by atoms with E-state index < -0.39 is 17.7 Å². The molecule has 0 aliphatic heterocycles. The molecule has 0 spiro atoms. The number of hydrogen-bond acceptors (Lipinski definition) is 3. The zero-order chi connectivity index (χ0) is 19.9. The fourth-order valence-corrected chi connectivity index (χ4v) is 6.67. The van der Waals surface area contributed by atoms with E-state index >= 15 is 0 Å². The third kappa shape index (κ3) is 4.18. The summed E-state index contributed by atoms with van der Waals surface area (Å²) in [5.74, 6) is 1.73. The largest absolute Gasteiger partial charge is 0.478 e. The summed E-state index contributed by atoms with van der Waals surface area (Å²) >= 11 is 0. The quantitative estimate of drug-likeness (QED) is 0.723. The average Bonchev–Trinajstić information content (AvgIpc) is 2.57. The van der Waals surface area contributed by atoms with Gasteiger partial charge in [-0.25, -0.2) is 9.59 Å². The van der Waals surface area contributed by atoms with Gasteiger partial charge in [0.1, 0.15) is 5.60 Å². The standard InChI is InChI=1S/C23H31NO4/c1-22(2,14-23-10-16-7-17(11-23)9-18(8-16)12-23)28-21(27)24-13-15-3-5-19(6-4-15)20(25)26/h3-6,16-18H,7-14H2,1-2H3,(H,24,27)(H,25,26). The SMILES string of the molecule is CC(C)(CC12CC3CC(CC(C3)C1)C2)OC(=O)NCc1ccc(C(=O)O)cc1. The summed E-state index contributed by atoms with van der Waals surface area (Å²) in [6, 6.07) is 6.51. The van der Waals surface area contributed by atoms with Gasteiger partial charge in [-0.05, 0) is 99.7 Å². The molecule has 5 nitrogen and oxygen atoms in total. The zero-order valence-corrected chi connectivity index (χ0v) is 16.9. The summed E-state index contributed by atoms with van der Waals surface area (Å²) in [5, 5.41) is 11.8. The molecule has 0 unspecified atom stereocenters. The second kappa shape index (κ2) is 7.09. The molecular formula is C23H31NO4. The molecule has 4 fully saturated rings. The molecule has 0 radical (unpaired) electrons. The van der Waals surface area contributed by atoms with Gasteiger partial charge in [0.15, 0.2) is 0 Å². The first-order valence-electron chi connectivity index (χ1n) is 10.5. The summed E-state index contributed by atoms with van der Waals surface area (Å²) in [6.07, 6.45) is 8.72. The molecule has 5 heteroatoms. The molecule has 4 saturated carbocycles. The Kier molecular flexibility index (Phi) is 4.88. The maximum absolute atomic E-state index is 12.4. The average molecular weight is 386 g/mol. The molecule has 4 bridgehead atoms. The van der Waals surface area contributed by atoms with E-state index in [9.17, 15) is 9.59 Å². The van der Waals surface area contributed by atoms with E-state index in [1.165, 1.54) is 38.5 Å². The van der Waals surface area contributed by atoms with Gasteiger partial charge in [-0.15, -0.1) is 0 Å². The summed E-state index contributed by atoms with van der Waals surface area (Å²) in [5.41, 5.74) is 0.970. The van der Waals surface area contributed by atoms with Gasteiger partial charge in [0.05, 0.1) is 5.56 Å². The summed E-state index contributed by atoms with van der Waals surface area (Å²) < 4.78 is 5.82. The summed E-state index contributed by atoms with van der Waals surface area (Å²) in [6.45, 7) is 4.39. The lowest BCUT2D eigenvalue weighted by Gasteiger charge is -2.58. The predicted octanol–water partition coefficient (Wildman–Crippen LogP) is 5.00. The van der Waals surface area contributed by atoms with Crippen molar-refractivity contribution < 1.29 is 19.4 Å². The Hall–Kier alpha value is -2.04. The second-order valence-electron chi connectivity index (χ2n) is 10.1. The van der Waals surface area contributed by atoms with Crippen LogP contribution in [0.5, 0.6) is 0 Å². The van der Waals surface area contributed by atoms with Crippen LogP contribution in [0.3, 0.4) is 0 Å². The van der Waals surface area contributed by atoms with Crippen LogP contribution in [0.25, 0.3) is 0 Å². The van der Waals surface area contributed by atoms with Gasteiger partial charge in [-0.2, -0.15) is 0 Å². The number of benzene rings is 1. The molecule has 0 heterocycles. The topological polar surface area (TPSA) is 75.6 Å². The Morgan fingerprint density at radius 2 is 1.61 bits per heavy atom. The molecule has 5 rings (SSSR count). The molecule has 4 aliphatic rings. The molecule has 0 atom stereocenters. The first-order valence-corrected chi connectivity index (χ1v) is 10.5. The minimum absolute atomic E-state index is 0.239. The number of carboxylic acids is 1. The molecule has 1 amide bonds. The van der Waals surface area contributed by atoms with E-state index in [0.717, 1.165) is 29.7 Å². The van der Waals surface area contributed by atoms with E-state index in [4.69, 9.17) is 9.84 Å². The molecule has 152 valence electrons. The maximum Gasteiger partial charge on any atom is 0.407 e. The fourth-order valence-electron chi connectivity index (χ4n) is 6.67. The summed E-state index contributed by atoms with van der Waals surface area (Å²) in [4.78, 5) is 23.3. The minimum Gasteiger partial charge on any atom is -0.478 e. The van der Waals surface area contributed by atoms with E-state index in [2.05, 4.69) is 5.32 Å². The van der Waals surface area contributed by atoms with Crippen molar-refractivity contribution in [2.24, 2.45) is 23.2 Å². The Morgan fingerprint density at radius 3 is 2.11 bits per heavy atom. The van der Waals surface area contributed by atoms with Gasteiger partial charge in [0, 0.05) is 6.54 Å². The number of carboxylic acid groups (broad SMARTS) is 1. The number of hydrogen-bond donors (Lipinski definition) is 2. The monoisotopic (exact) mass is 385 g/mol. The lowest BCUT2D eigenvalue weighted by molar-refractivity contribution is -0.0955. The van der Waals surface area contributed by atoms with Crippen molar-refractivity contribution >= 4 is 12.1 Å². The molecule has 4 aliphatic carbocycles. The maximum atomic E-state index is 12.4. The van der Waals surface area contributed by atoms with E-state index in [1.54, 1.807) is 24.3 Å². The Bertz CT molecular complexity index is 717. The van der Waals surface area contributed by atoms with Gasteiger partial charge in [0.25, 0.3) is 0 Å². The molecule has 1 aromatic rings. The van der Waals surface area contributed by atoms with E-state index in [-0.39, 0.29) is 5.56 Å². The molecular weight excluding hydrogens is 354 g/mol. The van der Waals surface area contributed by atoms with Crippen molar-refractivity contribution in [2.75, 3.05) is 0 Å². The predicted molar refractivity (Wildman–Crippen MR) is 106 cm³/mol.